The summed E-state index contributed by atoms with van der Waals surface area (Å²) in [5, 5.41) is 0. The highest BCUT2D eigenvalue weighted by molar-refractivity contribution is 5.21. The van der Waals surface area contributed by atoms with E-state index in [1.807, 2.05) is 31.7 Å². The summed E-state index contributed by atoms with van der Waals surface area (Å²) in [5.41, 5.74) is 9.53. The number of rotatable bonds is 6. The third kappa shape index (κ3) is 17.6. The Balaban J connectivity index is 0.000000199. The number of alkyl halides is 3. The zero-order valence-electron chi connectivity index (χ0n) is 52.7. The minimum absolute atomic E-state index is 0.359. The maximum Gasteiger partial charge on any atom is 0.432 e. The molecular formula is C62H101F3N14. The average Bonchev–Trinajstić information content (AvgIpc) is 4.28. The van der Waals surface area contributed by atoms with Crippen LogP contribution in [0.4, 0.5) is 13.2 Å². The third-order valence-corrected chi connectivity index (χ3v) is 16.6. The van der Waals surface area contributed by atoms with Crippen LogP contribution in [0.2, 0.25) is 0 Å². The Morgan fingerprint density at radius 1 is 0.392 bits per heavy atom. The molecule has 0 bridgehead atoms. The van der Waals surface area contributed by atoms with Gasteiger partial charge in [0.15, 0.2) is 0 Å². The van der Waals surface area contributed by atoms with Crippen LogP contribution < -0.4 is 0 Å². The van der Waals surface area contributed by atoms with Crippen molar-refractivity contribution in [1.29, 1.82) is 0 Å². The molecule has 0 aromatic carbocycles. The van der Waals surface area contributed by atoms with Gasteiger partial charge in [0.05, 0.1) is 17.6 Å². The largest absolute Gasteiger partial charge is 0.432 e. The van der Waals surface area contributed by atoms with Gasteiger partial charge in [-0.3, -0.25) is 0 Å². The van der Waals surface area contributed by atoms with Crippen LogP contribution in [0, 0.1) is 62.3 Å². The lowest BCUT2D eigenvalue weighted by Crippen LogP contribution is -2.11. The van der Waals surface area contributed by atoms with Crippen LogP contribution in [0.15, 0.2) is 31.0 Å². The third-order valence-electron chi connectivity index (χ3n) is 16.6. The lowest BCUT2D eigenvalue weighted by Gasteiger charge is -2.09. The number of hydrogen-bond donors (Lipinski definition) is 0. The first-order valence-electron chi connectivity index (χ1n) is 29.0. The Hall–Kier alpha value is -5.74. The average molecular weight is 1100 g/mol. The summed E-state index contributed by atoms with van der Waals surface area (Å²) < 4.78 is 50.1. The molecule has 79 heavy (non-hydrogen) atoms. The normalized spacial score (nSPS) is 14.7. The summed E-state index contributed by atoms with van der Waals surface area (Å²) in [6.45, 7) is 31.3. The molecule has 3 aliphatic carbocycles. The molecule has 0 unspecified atom stereocenters. The lowest BCUT2D eigenvalue weighted by molar-refractivity contribution is -0.143. The van der Waals surface area contributed by atoms with Gasteiger partial charge in [-0.1, -0.05) is 80.1 Å². The zero-order valence-corrected chi connectivity index (χ0v) is 52.7. The number of aryl methyl sites for hydroxylation is 7. The van der Waals surface area contributed by atoms with Gasteiger partial charge in [0, 0.05) is 138 Å². The molecule has 0 N–H and O–H groups in total. The second-order valence-corrected chi connectivity index (χ2v) is 23.3. The highest BCUT2D eigenvalue weighted by atomic mass is 19.4. The van der Waals surface area contributed by atoms with Gasteiger partial charge in [-0.25, -0.2) is 34.9 Å². The van der Waals surface area contributed by atoms with Crippen molar-refractivity contribution in [2.45, 2.75) is 223 Å². The van der Waals surface area contributed by atoms with E-state index >= 15 is 0 Å². The first kappa shape index (κ1) is 65.8. The zero-order chi connectivity index (χ0) is 59.2. The minimum atomic E-state index is -4.30. The minimum Gasteiger partial charge on any atom is -0.335 e. The van der Waals surface area contributed by atoms with Crippen molar-refractivity contribution in [3.63, 3.8) is 0 Å². The van der Waals surface area contributed by atoms with Crippen LogP contribution in [0.1, 0.15) is 246 Å². The van der Waals surface area contributed by atoms with Crippen molar-refractivity contribution in [2.24, 2.45) is 49.3 Å². The molecule has 3 aliphatic rings. The van der Waals surface area contributed by atoms with Crippen LogP contribution in [0.25, 0.3) is 0 Å². The molecular weight excluding hydrogens is 998 g/mol. The maximum absolute atomic E-state index is 12.0. The summed E-state index contributed by atoms with van der Waals surface area (Å²) in [5.74, 6) is 11.4. The molecule has 0 aliphatic heterocycles. The predicted octanol–water partition coefficient (Wildman–Crippen LogP) is 15.1. The van der Waals surface area contributed by atoms with E-state index in [0.29, 0.717) is 23.6 Å². The van der Waals surface area contributed by atoms with Crippen LogP contribution in [0.5, 0.6) is 0 Å². The van der Waals surface area contributed by atoms with E-state index in [9.17, 15) is 13.2 Å². The van der Waals surface area contributed by atoms with Gasteiger partial charge in [-0.2, -0.15) is 13.2 Å². The summed E-state index contributed by atoms with van der Waals surface area (Å²) >= 11 is 0. The van der Waals surface area contributed by atoms with Crippen molar-refractivity contribution in [3.05, 3.63) is 123 Å². The maximum atomic E-state index is 12.0. The molecule has 0 amide bonds. The van der Waals surface area contributed by atoms with Gasteiger partial charge in [-0.05, 0) is 107 Å². The lowest BCUT2D eigenvalue weighted by atomic mass is 10.0. The van der Waals surface area contributed by atoms with E-state index in [-0.39, 0.29) is 0 Å². The summed E-state index contributed by atoms with van der Waals surface area (Å²) in [7, 11) is 13.9. The first-order chi connectivity index (χ1) is 37.0. The summed E-state index contributed by atoms with van der Waals surface area (Å²) in [6.07, 6.45) is 20.7. The Morgan fingerprint density at radius 3 is 0.962 bits per heavy atom. The Kier molecular flexibility index (Phi) is 24.7. The molecule has 0 atom stereocenters. The first-order valence-corrected chi connectivity index (χ1v) is 29.0. The van der Waals surface area contributed by atoms with Crippen molar-refractivity contribution in [1.82, 2.24) is 66.9 Å². The summed E-state index contributed by atoms with van der Waals surface area (Å²) in [6, 6.07) is 0. The molecule has 17 heteroatoms. The van der Waals surface area contributed by atoms with Crippen molar-refractivity contribution < 1.29 is 13.2 Å². The molecule has 3 saturated carbocycles. The number of nitrogens with zero attached hydrogens (tertiary/aromatic N) is 14. The quantitative estimate of drug-likeness (QED) is 0.162. The molecule has 7 heterocycles. The van der Waals surface area contributed by atoms with E-state index in [0.717, 1.165) is 51.8 Å². The molecule has 7 aromatic rings. The van der Waals surface area contributed by atoms with Gasteiger partial charge < -0.3 is 32.0 Å². The second-order valence-electron chi connectivity index (χ2n) is 23.3. The fraction of sp³-hybridized carbons (Fsp3) is 0.661. The topological polar surface area (TPSA) is 125 Å². The molecule has 10 rings (SSSR count). The van der Waals surface area contributed by atoms with Crippen LogP contribution in [-0.4, -0.2) is 66.9 Å². The summed E-state index contributed by atoms with van der Waals surface area (Å²) in [4.78, 5) is 30.1. The second kappa shape index (κ2) is 29.6. The molecule has 0 spiro atoms. The highest BCUT2D eigenvalue weighted by Crippen LogP contribution is 2.36. The Bertz CT molecular complexity index is 2820. The van der Waals surface area contributed by atoms with E-state index in [2.05, 4.69) is 195 Å². The fourth-order valence-electron chi connectivity index (χ4n) is 10.6. The van der Waals surface area contributed by atoms with Crippen LogP contribution in [0.3, 0.4) is 0 Å². The van der Waals surface area contributed by atoms with Crippen molar-refractivity contribution in [2.75, 3.05) is 0 Å². The molecule has 3 fully saturated rings. The van der Waals surface area contributed by atoms with Crippen molar-refractivity contribution >= 4 is 0 Å². The van der Waals surface area contributed by atoms with Crippen LogP contribution >= 0.6 is 0 Å². The highest BCUT2D eigenvalue weighted by Gasteiger charge is 2.34. The number of hydrogen-bond acceptors (Lipinski definition) is 7. The van der Waals surface area contributed by atoms with E-state index in [1.54, 1.807) is 0 Å². The predicted molar refractivity (Wildman–Crippen MR) is 316 cm³/mol. The number of halogens is 3. The Labute approximate surface area is 473 Å². The van der Waals surface area contributed by atoms with Crippen LogP contribution in [-0.2, 0) is 55.5 Å². The Morgan fingerprint density at radius 2 is 0.747 bits per heavy atom. The van der Waals surface area contributed by atoms with Gasteiger partial charge in [0.2, 0.25) is 0 Å². The van der Waals surface area contributed by atoms with Gasteiger partial charge >= 0.3 is 6.18 Å². The van der Waals surface area contributed by atoms with Gasteiger partial charge in [-0.15, -0.1) is 0 Å². The molecule has 440 valence electrons. The smallest absolute Gasteiger partial charge is 0.335 e. The van der Waals surface area contributed by atoms with Gasteiger partial charge in [0.25, 0.3) is 0 Å². The van der Waals surface area contributed by atoms with Crippen molar-refractivity contribution in [3.8, 4) is 0 Å². The molecule has 14 nitrogen and oxygen atoms in total. The van der Waals surface area contributed by atoms with E-state index in [1.165, 1.54) is 148 Å². The fourth-order valence-corrected chi connectivity index (χ4v) is 10.6. The number of imidazole rings is 7. The SMILES string of the molecule is Cc1cnc(C(C)C)n1C.Cc1cnc(C(C)C)n1C.Cc1cnc(C2CCCC2)n1C.Cc1cnc(C2CCCC2)n1C.Cc1nc(C(C)C)c(C)n1C.Cc1nc(C2CCCC2)c(C)n1C.Cc1ncc(C(F)(F)F)n1C. The standard InChI is InChI=1S/C11H18N2.2C10H16N2.C9H16N2.2C8H14N2.C6H7F3N2/c1-8-11(10-6-4-5-7-10)12-9(2)13(8)3;2*1-8-7-11-10(12(8)2)9-5-3-4-6-9;1-6(2)9-7(3)11(5)8(4)10-9;2*1-6(2)8-9-5-7(3)10(8)4;1-4-10-3-5(11(4)2)6(7,8)9/h10H,4-7H2,1-3H3;2*7,9H,3-6H2,1-2H3;6H,1-5H3;2*5-6H,1-4H3;3H,1-2H3. The van der Waals surface area contributed by atoms with E-state index in [4.69, 9.17) is 0 Å². The number of aromatic nitrogens is 14. The van der Waals surface area contributed by atoms with Gasteiger partial charge in [0.1, 0.15) is 46.5 Å². The molecule has 0 radical (unpaired) electrons. The van der Waals surface area contributed by atoms with E-state index < -0.39 is 11.9 Å². The molecule has 0 saturated heterocycles. The molecule has 7 aromatic heterocycles. The monoisotopic (exact) mass is 1100 g/mol.